The first-order valence-corrected chi connectivity index (χ1v) is 10.6. The first-order chi connectivity index (χ1) is 15.1. The van der Waals surface area contributed by atoms with E-state index in [1.807, 2.05) is 6.07 Å². The van der Waals surface area contributed by atoms with E-state index < -0.39 is 23.9 Å². The Kier molecular flexibility index (Phi) is 7.16. The molecule has 1 aromatic heterocycles. The SMILES string of the molecule is N#Cc1cn(Cc2cccc(OC(CBr)C(=O)O)c2)c(C(F)(F)F)c1-c1ccc(Cl)cc1. The maximum absolute atomic E-state index is 14.1. The van der Waals surface area contributed by atoms with Crippen molar-refractivity contribution in [2.45, 2.75) is 18.8 Å². The summed E-state index contributed by atoms with van der Waals surface area (Å²) in [6.45, 7) is -0.208. The van der Waals surface area contributed by atoms with E-state index in [9.17, 15) is 23.2 Å². The van der Waals surface area contributed by atoms with Gasteiger partial charge >= 0.3 is 12.1 Å². The van der Waals surface area contributed by atoms with E-state index >= 15 is 0 Å². The Morgan fingerprint density at radius 2 is 1.94 bits per heavy atom. The third kappa shape index (κ3) is 5.26. The standard InChI is InChI=1S/C22H15BrClF3N2O3/c23-9-18(21(30)31)32-17-3-1-2-13(8-17)11-29-12-15(10-28)19(20(29)22(25,26)27)14-4-6-16(24)7-5-14/h1-8,12,18H,9,11H2,(H,30,31). The highest BCUT2D eigenvalue weighted by Crippen LogP contribution is 2.41. The van der Waals surface area contributed by atoms with E-state index in [2.05, 4.69) is 15.9 Å². The first-order valence-electron chi connectivity index (χ1n) is 9.14. The lowest BCUT2D eigenvalue weighted by atomic mass is 10.0. The predicted octanol–water partition coefficient (Wildman–Crippen LogP) is 5.97. The third-order valence-corrected chi connectivity index (χ3v) is 5.39. The van der Waals surface area contributed by atoms with Crippen LogP contribution in [0.3, 0.4) is 0 Å². The molecule has 166 valence electrons. The highest BCUT2D eigenvalue weighted by molar-refractivity contribution is 9.09. The van der Waals surface area contributed by atoms with E-state index in [0.29, 0.717) is 10.6 Å². The molecule has 3 aromatic rings. The number of carbonyl (C=O) groups is 1. The molecule has 0 aliphatic heterocycles. The molecule has 10 heteroatoms. The Balaban J connectivity index is 2.04. The van der Waals surface area contributed by atoms with Gasteiger partial charge in [0.1, 0.15) is 17.5 Å². The number of benzene rings is 2. The summed E-state index contributed by atoms with van der Waals surface area (Å²) in [5, 5.41) is 19.0. The molecule has 0 fully saturated rings. The second kappa shape index (κ2) is 9.67. The van der Waals surface area contributed by atoms with Crippen molar-refractivity contribution in [1.29, 1.82) is 5.26 Å². The van der Waals surface area contributed by atoms with Crippen molar-refractivity contribution < 1.29 is 27.8 Å². The van der Waals surface area contributed by atoms with Crippen molar-refractivity contribution in [3.63, 3.8) is 0 Å². The van der Waals surface area contributed by atoms with Gasteiger partial charge in [0.2, 0.25) is 6.10 Å². The second-order valence-electron chi connectivity index (χ2n) is 6.76. The quantitative estimate of drug-likeness (QED) is 0.384. The van der Waals surface area contributed by atoms with Crippen LogP contribution in [-0.2, 0) is 17.5 Å². The van der Waals surface area contributed by atoms with Crippen molar-refractivity contribution in [3.8, 4) is 22.9 Å². The molecule has 0 aliphatic carbocycles. The number of rotatable bonds is 7. The van der Waals surface area contributed by atoms with E-state index in [1.54, 1.807) is 12.1 Å². The zero-order valence-corrected chi connectivity index (χ0v) is 18.6. The van der Waals surface area contributed by atoms with Gasteiger partial charge in [-0.3, -0.25) is 0 Å². The van der Waals surface area contributed by atoms with Crippen LogP contribution in [0.5, 0.6) is 5.75 Å². The Morgan fingerprint density at radius 1 is 1.25 bits per heavy atom. The van der Waals surface area contributed by atoms with Crippen molar-refractivity contribution in [3.05, 3.63) is 76.6 Å². The van der Waals surface area contributed by atoms with E-state index in [1.165, 1.54) is 36.4 Å². The summed E-state index contributed by atoms with van der Waals surface area (Å²) in [7, 11) is 0. The molecule has 0 saturated heterocycles. The van der Waals surface area contributed by atoms with E-state index in [0.717, 1.165) is 10.8 Å². The van der Waals surface area contributed by atoms with Crippen molar-refractivity contribution in [2.75, 3.05) is 5.33 Å². The molecule has 3 rings (SSSR count). The lowest BCUT2D eigenvalue weighted by Crippen LogP contribution is -2.28. The Hall–Kier alpha value is -2.96. The molecule has 0 amide bonds. The highest BCUT2D eigenvalue weighted by atomic mass is 79.9. The van der Waals surface area contributed by atoms with Crippen LogP contribution >= 0.6 is 27.5 Å². The zero-order valence-electron chi connectivity index (χ0n) is 16.2. The normalized spacial score (nSPS) is 12.2. The molecule has 1 heterocycles. The molecule has 1 N–H and O–H groups in total. The van der Waals surface area contributed by atoms with Crippen molar-refractivity contribution in [1.82, 2.24) is 4.57 Å². The van der Waals surface area contributed by atoms with Gasteiger partial charge in [0.05, 0.1) is 10.9 Å². The van der Waals surface area contributed by atoms with Crippen LogP contribution < -0.4 is 4.74 Å². The highest BCUT2D eigenvalue weighted by Gasteiger charge is 2.39. The van der Waals surface area contributed by atoms with Crippen molar-refractivity contribution >= 4 is 33.5 Å². The number of hydrogen-bond donors (Lipinski definition) is 1. The topological polar surface area (TPSA) is 75.2 Å². The second-order valence-corrected chi connectivity index (χ2v) is 7.84. The molecule has 0 aliphatic rings. The average molecular weight is 528 g/mol. The molecule has 0 bridgehead atoms. The molecule has 5 nitrogen and oxygen atoms in total. The van der Waals surface area contributed by atoms with Gasteiger partial charge in [-0.25, -0.2) is 4.79 Å². The number of carboxylic acid groups (broad SMARTS) is 1. The van der Waals surface area contributed by atoms with Gasteiger partial charge < -0.3 is 14.4 Å². The molecule has 0 spiro atoms. The molecule has 0 radical (unpaired) electrons. The third-order valence-electron chi connectivity index (χ3n) is 4.55. The average Bonchev–Trinajstić information content (AvgIpc) is 3.11. The van der Waals surface area contributed by atoms with Gasteiger partial charge in [0.15, 0.2) is 0 Å². The summed E-state index contributed by atoms with van der Waals surface area (Å²) in [5.41, 5.74) is -0.664. The summed E-state index contributed by atoms with van der Waals surface area (Å²) in [5.74, 6) is -0.975. The minimum atomic E-state index is -4.73. The minimum absolute atomic E-state index is 0.0400. The Labute approximate surface area is 194 Å². The number of aliphatic carboxylic acids is 1. The number of halogens is 5. The van der Waals surface area contributed by atoms with Gasteiger partial charge in [0, 0.05) is 23.3 Å². The molecule has 0 saturated carbocycles. The number of nitrogens with zero attached hydrogens (tertiary/aromatic N) is 2. The van der Waals surface area contributed by atoms with Gasteiger partial charge in [-0.2, -0.15) is 18.4 Å². The molecular formula is C22H15BrClF3N2O3. The Morgan fingerprint density at radius 3 is 2.50 bits per heavy atom. The fourth-order valence-corrected chi connectivity index (χ4v) is 3.74. The summed E-state index contributed by atoms with van der Waals surface area (Å²) in [4.78, 5) is 11.2. The predicted molar refractivity (Wildman–Crippen MR) is 116 cm³/mol. The number of ether oxygens (including phenoxy) is 1. The minimum Gasteiger partial charge on any atom is -0.478 e. The van der Waals surface area contributed by atoms with E-state index in [-0.39, 0.29) is 34.3 Å². The molecule has 1 atom stereocenters. The van der Waals surface area contributed by atoms with Crippen LogP contribution in [0.15, 0.2) is 54.7 Å². The zero-order chi connectivity index (χ0) is 23.5. The fraction of sp³-hybridized carbons (Fsp3) is 0.182. The smallest absolute Gasteiger partial charge is 0.432 e. The van der Waals surface area contributed by atoms with Crippen LogP contribution in [-0.4, -0.2) is 27.1 Å². The number of hydrogen-bond acceptors (Lipinski definition) is 3. The fourth-order valence-electron chi connectivity index (χ4n) is 3.20. The van der Waals surface area contributed by atoms with Gasteiger partial charge in [-0.05, 0) is 35.4 Å². The summed E-state index contributed by atoms with van der Waals surface area (Å²) in [6.07, 6.45) is -4.73. The van der Waals surface area contributed by atoms with Gasteiger partial charge in [0.25, 0.3) is 0 Å². The summed E-state index contributed by atoms with van der Waals surface area (Å²) < 4.78 is 48.5. The number of alkyl halides is 4. The lowest BCUT2D eigenvalue weighted by molar-refractivity contribution is -0.144. The van der Waals surface area contributed by atoms with Crippen LogP contribution in [0.25, 0.3) is 11.1 Å². The largest absolute Gasteiger partial charge is 0.478 e. The summed E-state index contributed by atoms with van der Waals surface area (Å²) >= 11 is 8.90. The van der Waals surface area contributed by atoms with Crippen LogP contribution in [0.2, 0.25) is 5.02 Å². The maximum atomic E-state index is 14.1. The van der Waals surface area contributed by atoms with Gasteiger partial charge in [-0.1, -0.05) is 51.8 Å². The molecule has 32 heavy (non-hydrogen) atoms. The van der Waals surface area contributed by atoms with Crippen LogP contribution in [0.4, 0.5) is 13.2 Å². The van der Waals surface area contributed by atoms with Crippen molar-refractivity contribution in [2.24, 2.45) is 0 Å². The summed E-state index contributed by atoms with van der Waals surface area (Å²) in [6, 6.07) is 13.7. The lowest BCUT2D eigenvalue weighted by Gasteiger charge is -2.16. The van der Waals surface area contributed by atoms with Gasteiger partial charge in [-0.15, -0.1) is 0 Å². The van der Waals surface area contributed by atoms with Crippen LogP contribution in [0.1, 0.15) is 16.8 Å². The van der Waals surface area contributed by atoms with E-state index in [4.69, 9.17) is 21.4 Å². The molecule has 2 aromatic carbocycles. The Bertz CT molecular complexity index is 1170. The monoisotopic (exact) mass is 526 g/mol. The number of nitriles is 1. The number of aromatic nitrogens is 1. The molecular weight excluding hydrogens is 513 g/mol. The first kappa shape index (κ1) is 23.7. The van der Waals surface area contributed by atoms with Crippen LogP contribution in [0, 0.1) is 11.3 Å². The number of carboxylic acids is 1. The maximum Gasteiger partial charge on any atom is 0.432 e. The molecule has 1 unspecified atom stereocenters.